The molecule has 1 aliphatic carbocycles. The van der Waals surface area contributed by atoms with E-state index >= 15 is 0 Å². The number of ether oxygens (including phenoxy) is 1. The monoisotopic (exact) mass is 536 g/mol. The Morgan fingerprint density at radius 2 is 1.85 bits per heavy atom. The second-order valence-corrected chi connectivity index (χ2v) is 10.7. The largest absolute Gasteiger partial charge is 0.447 e. The number of carbonyl (C=O) groups excluding carboxylic acids is 2. The molecule has 9 nitrogen and oxygen atoms in total. The van der Waals surface area contributed by atoms with Gasteiger partial charge in [-0.05, 0) is 49.5 Å². The summed E-state index contributed by atoms with van der Waals surface area (Å²) in [5, 5.41) is 3.31. The molecule has 0 bridgehead atoms. The van der Waals surface area contributed by atoms with E-state index < -0.39 is 18.3 Å². The van der Waals surface area contributed by atoms with Gasteiger partial charge in [-0.1, -0.05) is 43.7 Å². The summed E-state index contributed by atoms with van der Waals surface area (Å²) in [5.74, 6) is 1.45. The molecule has 3 aliphatic rings. The van der Waals surface area contributed by atoms with Gasteiger partial charge in [0.05, 0.1) is 6.04 Å². The SMILES string of the molecule is C=CC(=O)N1CCN(C(CC2CC2)c2ccc([C@H](C)Nc3nccc(N4C(=O)OC[C@@H]4[C@H](C)F)n3)cc2)CC1. The van der Waals surface area contributed by atoms with Crippen molar-refractivity contribution in [2.24, 2.45) is 5.92 Å². The summed E-state index contributed by atoms with van der Waals surface area (Å²) in [4.78, 5) is 38.6. The first kappa shape index (κ1) is 27.1. The van der Waals surface area contributed by atoms with Gasteiger partial charge in [-0.2, -0.15) is 4.98 Å². The first-order chi connectivity index (χ1) is 18.8. The maximum absolute atomic E-state index is 14.0. The highest BCUT2D eigenvalue weighted by Gasteiger charge is 2.39. The van der Waals surface area contributed by atoms with Crippen molar-refractivity contribution in [3.63, 3.8) is 0 Å². The van der Waals surface area contributed by atoms with Gasteiger partial charge in [-0.15, -0.1) is 0 Å². The van der Waals surface area contributed by atoms with Gasteiger partial charge in [0.1, 0.15) is 24.6 Å². The number of rotatable bonds is 10. The zero-order chi connectivity index (χ0) is 27.5. The molecule has 3 fully saturated rings. The van der Waals surface area contributed by atoms with Crippen molar-refractivity contribution in [1.29, 1.82) is 0 Å². The molecule has 1 unspecified atom stereocenters. The Labute approximate surface area is 229 Å². The molecule has 5 rings (SSSR count). The molecule has 1 aromatic heterocycles. The number of nitrogens with one attached hydrogen (secondary N) is 1. The highest BCUT2D eigenvalue weighted by Crippen LogP contribution is 2.40. The van der Waals surface area contributed by atoms with Crippen LogP contribution in [-0.2, 0) is 9.53 Å². The van der Waals surface area contributed by atoms with Crippen LogP contribution in [0.15, 0.2) is 49.2 Å². The number of halogens is 1. The minimum absolute atomic E-state index is 0.00358. The summed E-state index contributed by atoms with van der Waals surface area (Å²) in [6.07, 6.45) is 4.83. The number of hydrogen-bond acceptors (Lipinski definition) is 7. The Hall–Kier alpha value is -3.53. The number of anilines is 2. The van der Waals surface area contributed by atoms with Gasteiger partial charge >= 0.3 is 6.09 Å². The summed E-state index contributed by atoms with van der Waals surface area (Å²) in [7, 11) is 0. The standard InChI is InChI=1S/C29H37FN6O3/c1-4-27(37)35-15-13-34(14-16-35)24(17-21-5-6-21)23-9-7-22(8-10-23)20(3)32-28-31-12-11-26(33-28)36-25(19(2)30)18-39-29(36)38/h4,7-12,19-21,24-25H,1,5-6,13-18H2,2-3H3,(H,31,32,33)/t19-,20-,24?,25+/m0/s1. The minimum atomic E-state index is -1.25. The molecule has 0 radical (unpaired) electrons. The van der Waals surface area contributed by atoms with Crippen LogP contribution in [0, 0.1) is 5.92 Å². The lowest BCUT2D eigenvalue weighted by atomic mass is 9.96. The van der Waals surface area contributed by atoms with E-state index in [0.29, 0.717) is 17.8 Å². The third-order valence-electron chi connectivity index (χ3n) is 7.99. The number of benzene rings is 1. The van der Waals surface area contributed by atoms with Crippen molar-refractivity contribution in [1.82, 2.24) is 19.8 Å². The molecule has 4 atom stereocenters. The number of carbonyl (C=O) groups is 2. The Morgan fingerprint density at radius 3 is 2.49 bits per heavy atom. The number of nitrogens with zero attached hydrogens (tertiary/aromatic N) is 5. The van der Waals surface area contributed by atoms with E-state index in [1.807, 2.05) is 11.8 Å². The van der Waals surface area contributed by atoms with Crippen molar-refractivity contribution in [2.45, 2.75) is 57.4 Å². The van der Waals surface area contributed by atoms with Crippen molar-refractivity contribution >= 4 is 23.8 Å². The normalized spacial score (nSPS) is 22.2. The van der Waals surface area contributed by atoms with E-state index in [9.17, 15) is 14.0 Å². The summed E-state index contributed by atoms with van der Waals surface area (Å²) in [6, 6.07) is 9.78. The zero-order valence-corrected chi connectivity index (χ0v) is 22.6. The second-order valence-electron chi connectivity index (χ2n) is 10.7. The van der Waals surface area contributed by atoms with Crippen LogP contribution in [0.5, 0.6) is 0 Å². The summed E-state index contributed by atoms with van der Waals surface area (Å²) >= 11 is 0. The molecule has 1 aromatic carbocycles. The fourth-order valence-corrected chi connectivity index (χ4v) is 5.42. The fraction of sp³-hybridized carbons (Fsp3) is 0.517. The van der Waals surface area contributed by atoms with E-state index in [2.05, 4.69) is 51.0 Å². The average Bonchev–Trinajstić information content (AvgIpc) is 3.69. The molecule has 2 amide bonds. The molecule has 3 heterocycles. The molecule has 10 heteroatoms. The Bertz CT molecular complexity index is 1180. The minimum Gasteiger partial charge on any atom is -0.447 e. The van der Waals surface area contributed by atoms with Gasteiger partial charge in [0.15, 0.2) is 0 Å². The fourth-order valence-electron chi connectivity index (χ4n) is 5.42. The van der Waals surface area contributed by atoms with Gasteiger partial charge in [0.25, 0.3) is 0 Å². The molecule has 2 saturated heterocycles. The van der Waals surface area contributed by atoms with Crippen molar-refractivity contribution in [2.75, 3.05) is 43.0 Å². The number of hydrogen-bond donors (Lipinski definition) is 1. The Balaban J connectivity index is 1.25. The third-order valence-corrected chi connectivity index (χ3v) is 7.99. The second kappa shape index (κ2) is 11.7. The topological polar surface area (TPSA) is 90.9 Å². The predicted octanol–water partition coefficient (Wildman–Crippen LogP) is 4.50. The van der Waals surface area contributed by atoms with Gasteiger partial charge in [0.2, 0.25) is 11.9 Å². The number of aromatic nitrogens is 2. The molecule has 2 aromatic rings. The number of piperazine rings is 1. The van der Waals surface area contributed by atoms with E-state index in [-0.39, 0.29) is 18.6 Å². The van der Waals surface area contributed by atoms with Crippen LogP contribution in [0.1, 0.15) is 56.3 Å². The van der Waals surface area contributed by atoms with Gasteiger partial charge in [0, 0.05) is 38.4 Å². The number of amides is 2. The average molecular weight is 537 g/mol. The molecule has 208 valence electrons. The lowest BCUT2D eigenvalue weighted by Crippen LogP contribution is -2.49. The van der Waals surface area contributed by atoms with Crippen LogP contribution in [0.4, 0.5) is 21.0 Å². The number of alkyl halides is 1. The first-order valence-electron chi connectivity index (χ1n) is 13.8. The zero-order valence-electron chi connectivity index (χ0n) is 22.6. The lowest BCUT2D eigenvalue weighted by molar-refractivity contribution is -0.128. The van der Waals surface area contributed by atoms with E-state index in [0.717, 1.165) is 44.1 Å². The quantitative estimate of drug-likeness (QED) is 0.447. The molecule has 0 spiro atoms. The van der Waals surface area contributed by atoms with Crippen LogP contribution in [0.2, 0.25) is 0 Å². The molecule has 1 saturated carbocycles. The van der Waals surface area contributed by atoms with E-state index in [4.69, 9.17) is 4.74 Å². The van der Waals surface area contributed by atoms with Crippen LogP contribution in [0.25, 0.3) is 0 Å². The highest BCUT2D eigenvalue weighted by atomic mass is 19.1. The predicted molar refractivity (Wildman–Crippen MR) is 147 cm³/mol. The van der Waals surface area contributed by atoms with Gasteiger partial charge in [-0.3, -0.25) is 14.6 Å². The van der Waals surface area contributed by atoms with Gasteiger partial charge < -0.3 is 15.0 Å². The van der Waals surface area contributed by atoms with Crippen molar-refractivity contribution in [3.05, 3.63) is 60.3 Å². The first-order valence-corrected chi connectivity index (χ1v) is 13.8. The highest BCUT2D eigenvalue weighted by molar-refractivity contribution is 5.89. The van der Waals surface area contributed by atoms with Gasteiger partial charge in [-0.25, -0.2) is 14.2 Å². The molecular weight excluding hydrogens is 499 g/mol. The van der Waals surface area contributed by atoms with Crippen LogP contribution in [0.3, 0.4) is 0 Å². The molecule has 1 N–H and O–H groups in total. The lowest BCUT2D eigenvalue weighted by Gasteiger charge is -2.39. The number of cyclic esters (lactones) is 1. The van der Waals surface area contributed by atoms with Crippen LogP contribution < -0.4 is 10.2 Å². The van der Waals surface area contributed by atoms with E-state index in [1.165, 1.54) is 36.3 Å². The molecule has 2 aliphatic heterocycles. The smallest absolute Gasteiger partial charge is 0.416 e. The van der Waals surface area contributed by atoms with Crippen LogP contribution in [-0.4, -0.2) is 76.8 Å². The molecule has 39 heavy (non-hydrogen) atoms. The Morgan fingerprint density at radius 1 is 1.15 bits per heavy atom. The summed E-state index contributed by atoms with van der Waals surface area (Å²) in [6.45, 7) is 10.2. The third kappa shape index (κ3) is 6.21. The maximum Gasteiger partial charge on any atom is 0.416 e. The van der Waals surface area contributed by atoms with E-state index in [1.54, 1.807) is 12.3 Å². The summed E-state index contributed by atoms with van der Waals surface area (Å²) < 4.78 is 19.1. The van der Waals surface area contributed by atoms with Crippen molar-refractivity contribution in [3.8, 4) is 0 Å². The van der Waals surface area contributed by atoms with Crippen molar-refractivity contribution < 1.29 is 18.7 Å². The Kier molecular flexibility index (Phi) is 8.11. The van der Waals surface area contributed by atoms with Crippen LogP contribution >= 0.6 is 0 Å². The summed E-state index contributed by atoms with van der Waals surface area (Å²) in [5.41, 5.74) is 2.37. The maximum atomic E-state index is 14.0. The molecular formula is C29H37FN6O3.